The molecule has 1 rings (SSSR count). The highest BCUT2D eigenvalue weighted by molar-refractivity contribution is 7.90. The molecule has 1 fully saturated rings. The highest BCUT2D eigenvalue weighted by Crippen LogP contribution is 2.31. The molecular weight excluding hydrogens is 212 g/mol. The van der Waals surface area contributed by atoms with E-state index in [-0.39, 0.29) is 6.04 Å². The first-order valence-corrected chi connectivity index (χ1v) is 6.84. The van der Waals surface area contributed by atoms with Gasteiger partial charge >= 0.3 is 0 Å². The third-order valence-corrected chi connectivity index (χ3v) is 5.10. The molecule has 0 aromatic rings. The number of hydrogen-bond acceptors (Lipinski definition) is 3. The van der Waals surface area contributed by atoms with Gasteiger partial charge in [-0.1, -0.05) is 13.8 Å². The maximum absolute atomic E-state index is 11.6. The van der Waals surface area contributed by atoms with E-state index >= 15 is 0 Å². The van der Waals surface area contributed by atoms with Crippen molar-refractivity contribution in [2.24, 2.45) is 11.8 Å². The Bertz CT molecular complexity index is 358. The maximum atomic E-state index is 11.6. The van der Waals surface area contributed by atoms with Crippen molar-refractivity contribution < 1.29 is 8.42 Å². The molecule has 0 heterocycles. The van der Waals surface area contributed by atoms with Gasteiger partial charge in [-0.25, -0.2) is 13.1 Å². The van der Waals surface area contributed by atoms with E-state index in [9.17, 15) is 8.42 Å². The van der Waals surface area contributed by atoms with Crippen LogP contribution >= 0.6 is 0 Å². The van der Waals surface area contributed by atoms with E-state index < -0.39 is 15.3 Å². The first-order chi connectivity index (χ1) is 6.88. The molecule has 1 N–H and O–H groups in total. The SMILES string of the molecule is CC1CCC(NS(=O)(=O)C(C)C#N)C1C. The normalized spacial score (nSPS) is 33.6. The number of nitriles is 1. The van der Waals surface area contributed by atoms with E-state index in [2.05, 4.69) is 18.6 Å². The second-order valence-electron chi connectivity index (χ2n) is 4.45. The average Bonchev–Trinajstić information content (AvgIpc) is 2.48. The van der Waals surface area contributed by atoms with Crippen molar-refractivity contribution in [1.29, 1.82) is 5.26 Å². The summed E-state index contributed by atoms with van der Waals surface area (Å²) in [7, 11) is -3.46. The molecule has 0 amide bonds. The van der Waals surface area contributed by atoms with Crippen LogP contribution in [0.3, 0.4) is 0 Å². The Morgan fingerprint density at radius 3 is 2.40 bits per heavy atom. The molecule has 5 heteroatoms. The predicted octanol–water partition coefficient (Wildman–Crippen LogP) is 1.25. The van der Waals surface area contributed by atoms with Crippen molar-refractivity contribution in [2.75, 3.05) is 0 Å². The topological polar surface area (TPSA) is 70.0 Å². The molecule has 0 aromatic carbocycles. The van der Waals surface area contributed by atoms with Crippen LogP contribution in [0.15, 0.2) is 0 Å². The van der Waals surface area contributed by atoms with Gasteiger partial charge in [0.1, 0.15) is 0 Å². The fourth-order valence-electron chi connectivity index (χ4n) is 1.91. The van der Waals surface area contributed by atoms with E-state index in [1.54, 1.807) is 6.07 Å². The number of sulfonamides is 1. The molecule has 1 aliphatic rings. The van der Waals surface area contributed by atoms with Crippen molar-refractivity contribution >= 4 is 10.0 Å². The second kappa shape index (κ2) is 4.50. The summed E-state index contributed by atoms with van der Waals surface area (Å²) in [6, 6.07) is 1.76. The predicted molar refractivity (Wildman–Crippen MR) is 58.5 cm³/mol. The summed E-state index contributed by atoms with van der Waals surface area (Å²) in [6.07, 6.45) is 1.93. The quantitative estimate of drug-likeness (QED) is 0.793. The fraction of sp³-hybridized carbons (Fsp3) is 0.900. The lowest BCUT2D eigenvalue weighted by molar-refractivity contribution is 0.401. The Morgan fingerprint density at radius 2 is 2.00 bits per heavy atom. The van der Waals surface area contributed by atoms with Gasteiger partial charge in [-0.3, -0.25) is 0 Å². The lowest BCUT2D eigenvalue weighted by atomic mass is 9.98. The number of rotatable bonds is 3. The van der Waals surface area contributed by atoms with Crippen LogP contribution < -0.4 is 4.72 Å². The molecule has 1 aliphatic carbocycles. The number of nitrogens with one attached hydrogen (secondary N) is 1. The van der Waals surface area contributed by atoms with Gasteiger partial charge in [0, 0.05) is 6.04 Å². The van der Waals surface area contributed by atoms with Gasteiger partial charge in [0.05, 0.1) is 6.07 Å². The van der Waals surface area contributed by atoms with Gasteiger partial charge in [-0.15, -0.1) is 0 Å². The Hall–Kier alpha value is -0.600. The van der Waals surface area contributed by atoms with E-state index in [1.165, 1.54) is 6.92 Å². The molecule has 0 saturated heterocycles. The van der Waals surface area contributed by atoms with Crippen molar-refractivity contribution in [3.05, 3.63) is 0 Å². The maximum Gasteiger partial charge on any atom is 0.227 e. The van der Waals surface area contributed by atoms with E-state index in [1.807, 2.05) is 0 Å². The summed E-state index contributed by atoms with van der Waals surface area (Å²) >= 11 is 0. The lowest BCUT2D eigenvalue weighted by Gasteiger charge is -2.20. The molecule has 86 valence electrons. The molecule has 4 unspecified atom stereocenters. The van der Waals surface area contributed by atoms with Gasteiger partial charge in [0.2, 0.25) is 10.0 Å². The highest BCUT2D eigenvalue weighted by atomic mass is 32.2. The molecule has 0 radical (unpaired) electrons. The minimum absolute atomic E-state index is 0.000741. The summed E-state index contributed by atoms with van der Waals surface area (Å²) < 4.78 is 25.9. The van der Waals surface area contributed by atoms with E-state index in [4.69, 9.17) is 5.26 Å². The van der Waals surface area contributed by atoms with Crippen LogP contribution in [0.2, 0.25) is 0 Å². The number of nitrogens with zero attached hydrogens (tertiary/aromatic N) is 1. The zero-order valence-corrected chi connectivity index (χ0v) is 10.2. The Morgan fingerprint density at radius 1 is 1.40 bits per heavy atom. The van der Waals surface area contributed by atoms with Crippen LogP contribution in [-0.2, 0) is 10.0 Å². The van der Waals surface area contributed by atoms with Crippen LogP contribution in [0.4, 0.5) is 0 Å². The first kappa shape index (κ1) is 12.5. The summed E-state index contributed by atoms with van der Waals surface area (Å²) in [5.74, 6) is 0.903. The minimum atomic E-state index is -3.46. The highest BCUT2D eigenvalue weighted by Gasteiger charge is 2.34. The van der Waals surface area contributed by atoms with Gasteiger partial charge < -0.3 is 0 Å². The van der Waals surface area contributed by atoms with E-state index in [0.29, 0.717) is 11.8 Å². The van der Waals surface area contributed by atoms with Gasteiger partial charge in [0.25, 0.3) is 0 Å². The van der Waals surface area contributed by atoms with Gasteiger partial charge in [0.15, 0.2) is 5.25 Å². The van der Waals surface area contributed by atoms with Crippen molar-refractivity contribution in [1.82, 2.24) is 4.72 Å². The zero-order valence-electron chi connectivity index (χ0n) is 9.40. The molecule has 15 heavy (non-hydrogen) atoms. The average molecular weight is 230 g/mol. The van der Waals surface area contributed by atoms with Gasteiger partial charge in [-0.05, 0) is 31.6 Å². The summed E-state index contributed by atoms with van der Waals surface area (Å²) in [5.41, 5.74) is 0. The summed E-state index contributed by atoms with van der Waals surface area (Å²) in [6.45, 7) is 5.60. The molecule has 0 aliphatic heterocycles. The first-order valence-electron chi connectivity index (χ1n) is 5.29. The van der Waals surface area contributed by atoms with Crippen molar-refractivity contribution in [3.63, 3.8) is 0 Å². The van der Waals surface area contributed by atoms with Crippen LogP contribution in [-0.4, -0.2) is 19.7 Å². The zero-order chi connectivity index (χ0) is 11.6. The number of hydrogen-bond donors (Lipinski definition) is 1. The fourth-order valence-corrected chi connectivity index (χ4v) is 3.01. The van der Waals surface area contributed by atoms with Crippen molar-refractivity contribution in [2.45, 2.75) is 44.9 Å². The molecular formula is C10H18N2O2S. The Labute approximate surface area is 91.7 Å². The molecule has 1 saturated carbocycles. The van der Waals surface area contributed by atoms with Crippen molar-refractivity contribution in [3.8, 4) is 6.07 Å². The monoisotopic (exact) mass is 230 g/mol. The van der Waals surface area contributed by atoms with Crippen LogP contribution in [0.1, 0.15) is 33.6 Å². The van der Waals surface area contributed by atoms with Crippen LogP contribution in [0.5, 0.6) is 0 Å². The van der Waals surface area contributed by atoms with Crippen LogP contribution in [0, 0.1) is 23.2 Å². The molecule has 0 aromatic heterocycles. The smallest absolute Gasteiger partial charge is 0.211 e. The second-order valence-corrected chi connectivity index (χ2v) is 6.49. The third kappa shape index (κ3) is 2.70. The van der Waals surface area contributed by atoms with E-state index in [0.717, 1.165) is 12.8 Å². The molecule has 4 atom stereocenters. The minimum Gasteiger partial charge on any atom is -0.211 e. The summed E-state index contributed by atoms with van der Waals surface area (Å²) in [5, 5.41) is 7.62. The standard InChI is InChI=1S/C10H18N2O2S/c1-7-4-5-10(9(7)3)12-15(13,14)8(2)6-11/h7-10,12H,4-5H2,1-3H3. The third-order valence-electron chi connectivity index (χ3n) is 3.43. The summed E-state index contributed by atoms with van der Waals surface area (Å²) in [4.78, 5) is 0. The Balaban J connectivity index is 2.68. The molecule has 4 nitrogen and oxygen atoms in total. The molecule has 0 spiro atoms. The van der Waals surface area contributed by atoms with Gasteiger partial charge in [-0.2, -0.15) is 5.26 Å². The molecule has 0 bridgehead atoms. The Kier molecular flexibility index (Phi) is 3.74. The largest absolute Gasteiger partial charge is 0.227 e. The van der Waals surface area contributed by atoms with Crippen LogP contribution in [0.25, 0.3) is 0 Å². The lowest BCUT2D eigenvalue weighted by Crippen LogP contribution is -2.41.